The number of likely N-dealkylation sites (tertiary alicyclic amines) is 1. The van der Waals surface area contributed by atoms with E-state index in [4.69, 9.17) is 11.6 Å². The minimum absolute atomic E-state index is 0.520. The molecule has 40 valence electrons. The van der Waals surface area contributed by atoms with Gasteiger partial charge in [0.1, 0.15) is 0 Å². The highest BCUT2D eigenvalue weighted by molar-refractivity contribution is 7.83. The summed E-state index contributed by atoms with van der Waals surface area (Å²) in [5.74, 6) is 0. The summed E-state index contributed by atoms with van der Waals surface area (Å²) in [6, 6.07) is 0. The summed E-state index contributed by atoms with van der Waals surface area (Å²) in [5, 5.41) is 0. The minimum atomic E-state index is 0.520. The first-order valence-corrected chi connectivity index (χ1v) is 3.04. The van der Waals surface area contributed by atoms with E-state index < -0.39 is 0 Å². The molecule has 1 nitrogen and oxygen atoms in total. The maximum atomic E-state index is 5.44. The zero-order chi connectivity index (χ0) is 5.28. The van der Waals surface area contributed by atoms with E-state index >= 15 is 0 Å². The van der Waals surface area contributed by atoms with E-state index in [0.717, 1.165) is 13.1 Å². The first-order chi connectivity index (χ1) is 3.30. The molecule has 0 aromatic heterocycles. The fourth-order valence-electron chi connectivity index (χ4n) is 0.492. The smallest absolute Gasteiger partial charge is 0.169 e. The average Bonchev–Trinajstić information content (AvgIpc) is 1.23. The lowest BCUT2D eigenvalue weighted by Gasteiger charge is -2.30. The van der Waals surface area contributed by atoms with Crippen LogP contribution < -0.4 is 0 Å². The molecule has 1 saturated heterocycles. The van der Waals surface area contributed by atoms with Crippen LogP contribution in [0.5, 0.6) is 0 Å². The van der Waals surface area contributed by atoms with Gasteiger partial charge in [-0.3, -0.25) is 0 Å². The molecule has 0 N–H and O–H groups in total. The van der Waals surface area contributed by atoms with Gasteiger partial charge in [-0.2, -0.15) is 0 Å². The molecule has 0 radical (unpaired) electrons. The van der Waals surface area contributed by atoms with E-state index in [0.29, 0.717) is 4.45 Å². The van der Waals surface area contributed by atoms with Crippen LogP contribution in [0, 0.1) is 0 Å². The molecule has 0 saturated carbocycles. The van der Waals surface area contributed by atoms with Crippen molar-refractivity contribution >= 4 is 28.3 Å². The van der Waals surface area contributed by atoms with Crippen LogP contribution in [0.1, 0.15) is 6.42 Å². The van der Waals surface area contributed by atoms with E-state index in [1.807, 2.05) is 4.90 Å². The Bertz CT molecular complexity index is 89.7. The zero-order valence-electron chi connectivity index (χ0n) is 3.85. The largest absolute Gasteiger partial charge is 0.353 e. The number of hydrogen-bond donors (Lipinski definition) is 0. The molecule has 1 fully saturated rings. The van der Waals surface area contributed by atoms with Gasteiger partial charge in [0.25, 0.3) is 0 Å². The van der Waals surface area contributed by atoms with Gasteiger partial charge in [0.05, 0.1) is 0 Å². The van der Waals surface area contributed by atoms with Gasteiger partial charge in [0.15, 0.2) is 4.45 Å². The molecule has 1 heterocycles. The van der Waals surface area contributed by atoms with Gasteiger partial charge in [0, 0.05) is 13.1 Å². The van der Waals surface area contributed by atoms with Gasteiger partial charge in [-0.25, -0.2) is 0 Å². The quantitative estimate of drug-likeness (QED) is 0.279. The normalized spacial score (nSPS) is 18.7. The highest BCUT2D eigenvalue weighted by atomic mass is 35.5. The molecule has 0 aromatic rings. The SMILES string of the molecule is S=C(Cl)N1CCC1. The Morgan fingerprint density at radius 3 is 2.14 bits per heavy atom. The third-order valence-corrected chi connectivity index (χ3v) is 1.60. The van der Waals surface area contributed by atoms with Crippen molar-refractivity contribution in [2.75, 3.05) is 13.1 Å². The number of rotatable bonds is 0. The predicted octanol–water partition coefficient (Wildman–Crippen LogP) is 1.22. The lowest BCUT2D eigenvalue weighted by molar-refractivity contribution is 0.310. The summed E-state index contributed by atoms with van der Waals surface area (Å²) < 4.78 is 0.520. The van der Waals surface area contributed by atoms with E-state index in [1.54, 1.807) is 0 Å². The highest BCUT2D eigenvalue weighted by Gasteiger charge is 2.13. The highest BCUT2D eigenvalue weighted by Crippen LogP contribution is 2.08. The van der Waals surface area contributed by atoms with E-state index in [-0.39, 0.29) is 0 Å². The Morgan fingerprint density at radius 1 is 1.57 bits per heavy atom. The van der Waals surface area contributed by atoms with Crippen LogP contribution in [0.4, 0.5) is 0 Å². The second kappa shape index (κ2) is 1.97. The van der Waals surface area contributed by atoms with E-state index in [2.05, 4.69) is 12.2 Å². The van der Waals surface area contributed by atoms with Gasteiger partial charge in [-0.1, -0.05) is 11.6 Å². The summed E-state index contributed by atoms with van der Waals surface area (Å²) >= 11 is 10.1. The molecule has 0 aromatic carbocycles. The number of halogens is 1. The molecule has 0 amide bonds. The number of thiocarbonyl (C=S) groups is 1. The molecule has 0 unspecified atom stereocenters. The predicted molar refractivity (Wildman–Crippen MR) is 34.6 cm³/mol. The first kappa shape index (κ1) is 5.32. The van der Waals surface area contributed by atoms with Crippen molar-refractivity contribution < 1.29 is 0 Å². The molecule has 0 spiro atoms. The topological polar surface area (TPSA) is 3.24 Å². The Balaban J connectivity index is 2.27. The lowest BCUT2D eigenvalue weighted by atomic mass is 10.2. The second-order valence-corrected chi connectivity index (χ2v) is 2.56. The van der Waals surface area contributed by atoms with Gasteiger partial charge in [-0.05, 0) is 18.6 Å². The molecule has 0 aliphatic carbocycles. The summed E-state index contributed by atoms with van der Waals surface area (Å²) in [7, 11) is 0. The van der Waals surface area contributed by atoms with Crippen LogP contribution in [-0.4, -0.2) is 22.4 Å². The van der Waals surface area contributed by atoms with Crippen LogP contribution in [0.15, 0.2) is 0 Å². The van der Waals surface area contributed by atoms with E-state index in [9.17, 15) is 0 Å². The summed E-state index contributed by atoms with van der Waals surface area (Å²) in [6.45, 7) is 2.12. The van der Waals surface area contributed by atoms with Crippen LogP contribution >= 0.6 is 23.8 Å². The Morgan fingerprint density at radius 2 is 2.14 bits per heavy atom. The third kappa shape index (κ3) is 1.04. The molecule has 3 heteroatoms. The fraction of sp³-hybridized carbons (Fsp3) is 0.750. The van der Waals surface area contributed by atoms with Crippen molar-refractivity contribution in [2.45, 2.75) is 6.42 Å². The second-order valence-electron chi connectivity index (χ2n) is 1.59. The average molecular weight is 136 g/mol. The van der Waals surface area contributed by atoms with Crippen molar-refractivity contribution in [1.29, 1.82) is 0 Å². The Labute approximate surface area is 53.3 Å². The summed E-state index contributed by atoms with van der Waals surface area (Å²) in [5.41, 5.74) is 0. The van der Waals surface area contributed by atoms with Gasteiger partial charge >= 0.3 is 0 Å². The van der Waals surface area contributed by atoms with Crippen molar-refractivity contribution in [2.24, 2.45) is 0 Å². The first-order valence-electron chi connectivity index (χ1n) is 2.25. The van der Waals surface area contributed by atoms with Crippen LogP contribution in [0.2, 0.25) is 0 Å². The monoisotopic (exact) mass is 135 g/mol. The molecule has 0 bridgehead atoms. The van der Waals surface area contributed by atoms with Crippen molar-refractivity contribution in [3.8, 4) is 0 Å². The molecule has 1 aliphatic heterocycles. The molecule has 7 heavy (non-hydrogen) atoms. The third-order valence-electron chi connectivity index (χ3n) is 1.10. The van der Waals surface area contributed by atoms with Crippen LogP contribution in [0.3, 0.4) is 0 Å². The summed E-state index contributed by atoms with van der Waals surface area (Å²) in [6.07, 6.45) is 1.24. The molecule has 0 atom stereocenters. The van der Waals surface area contributed by atoms with Crippen molar-refractivity contribution in [3.05, 3.63) is 0 Å². The van der Waals surface area contributed by atoms with Gasteiger partial charge < -0.3 is 4.90 Å². The maximum Gasteiger partial charge on any atom is 0.169 e. The molecular weight excluding hydrogens is 130 g/mol. The lowest BCUT2D eigenvalue weighted by Crippen LogP contribution is -2.38. The van der Waals surface area contributed by atoms with Crippen molar-refractivity contribution in [3.63, 3.8) is 0 Å². The minimum Gasteiger partial charge on any atom is -0.353 e. The number of hydrogen-bond acceptors (Lipinski definition) is 1. The zero-order valence-corrected chi connectivity index (χ0v) is 5.43. The number of nitrogens with zero attached hydrogens (tertiary/aromatic N) is 1. The van der Waals surface area contributed by atoms with E-state index in [1.165, 1.54) is 6.42 Å². The molecule has 1 aliphatic rings. The maximum absolute atomic E-state index is 5.44. The standard InChI is InChI=1S/C4H6ClNS/c5-4(7)6-2-1-3-6/h1-3H2. The van der Waals surface area contributed by atoms with Gasteiger partial charge in [-0.15, -0.1) is 0 Å². The van der Waals surface area contributed by atoms with Crippen LogP contribution in [0.25, 0.3) is 0 Å². The fourth-order valence-corrected chi connectivity index (χ4v) is 0.844. The van der Waals surface area contributed by atoms with Crippen LogP contribution in [-0.2, 0) is 0 Å². The Kier molecular flexibility index (Phi) is 1.50. The summed E-state index contributed by atoms with van der Waals surface area (Å²) in [4.78, 5) is 1.97. The molecule has 1 rings (SSSR count). The van der Waals surface area contributed by atoms with Gasteiger partial charge in [0.2, 0.25) is 0 Å². The van der Waals surface area contributed by atoms with Crippen molar-refractivity contribution in [1.82, 2.24) is 4.90 Å². The Hall–Kier alpha value is 0.180. The molecular formula is C4H6ClNS.